The molecule has 1 fully saturated rings. The van der Waals surface area contributed by atoms with E-state index in [1.165, 1.54) is 22.9 Å². The molecule has 1 aliphatic rings. The van der Waals surface area contributed by atoms with Crippen LogP contribution >= 0.6 is 24.0 Å². The molecule has 0 radical (unpaired) electrons. The fourth-order valence-corrected chi connectivity index (χ4v) is 4.65. The number of thiocarbonyl (C=S) groups is 1. The van der Waals surface area contributed by atoms with E-state index in [0.29, 0.717) is 40.5 Å². The fourth-order valence-electron chi connectivity index (χ4n) is 3.26. The van der Waals surface area contributed by atoms with Crippen LogP contribution in [0.15, 0.2) is 41.3 Å². The summed E-state index contributed by atoms with van der Waals surface area (Å²) < 4.78 is 17.8. The number of carbonyl (C=O) groups excluding carboxylic acids is 1. The second kappa shape index (κ2) is 10.7. The Kier molecular flexibility index (Phi) is 7.98. The lowest BCUT2D eigenvalue weighted by Crippen LogP contribution is -2.27. The van der Waals surface area contributed by atoms with E-state index in [2.05, 4.69) is 19.9 Å². The number of methoxy groups -OCH3 is 1. The van der Waals surface area contributed by atoms with E-state index in [-0.39, 0.29) is 5.91 Å². The van der Waals surface area contributed by atoms with Crippen LogP contribution in [0.25, 0.3) is 6.08 Å². The first kappa shape index (κ1) is 23.2. The van der Waals surface area contributed by atoms with Crippen LogP contribution in [0.2, 0.25) is 0 Å². The number of nitrogens with zero attached hydrogens (tertiary/aromatic N) is 1. The second-order valence-electron chi connectivity index (χ2n) is 7.21. The van der Waals surface area contributed by atoms with Crippen LogP contribution in [0.1, 0.15) is 30.0 Å². The van der Waals surface area contributed by atoms with E-state index in [4.69, 9.17) is 26.4 Å². The summed E-state index contributed by atoms with van der Waals surface area (Å²) in [6.07, 6.45) is 2.58. The Morgan fingerprint density at radius 2 is 1.74 bits per heavy atom. The third kappa shape index (κ3) is 6.02. The smallest absolute Gasteiger partial charge is 0.266 e. The fraction of sp³-hybridized carbons (Fsp3) is 0.333. The van der Waals surface area contributed by atoms with Crippen LogP contribution in [0.4, 0.5) is 0 Å². The standard InChI is InChI=1S/C24H27NO4S2/c1-5-25-23(26)22(31-24(25)30)15-18-7-8-20(21(14-18)27-4)29-10-6-9-28-19-12-16(2)11-17(3)13-19/h7-8,11-15H,5-6,9-10H2,1-4H3/b22-15+. The molecule has 0 bridgehead atoms. The zero-order chi connectivity index (χ0) is 22.4. The summed E-state index contributed by atoms with van der Waals surface area (Å²) in [4.78, 5) is 14.6. The molecule has 0 unspecified atom stereocenters. The summed E-state index contributed by atoms with van der Waals surface area (Å²) >= 11 is 6.59. The maximum Gasteiger partial charge on any atom is 0.266 e. The van der Waals surface area contributed by atoms with Gasteiger partial charge >= 0.3 is 0 Å². The van der Waals surface area contributed by atoms with E-state index < -0.39 is 0 Å². The first-order valence-electron chi connectivity index (χ1n) is 10.2. The van der Waals surface area contributed by atoms with Gasteiger partial charge in [0, 0.05) is 13.0 Å². The Bertz CT molecular complexity index is 983. The van der Waals surface area contributed by atoms with Crippen molar-refractivity contribution >= 4 is 40.3 Å². The van der Waals surface area contributed by atoms with Crippen molar-refractivity contribution in [2.24, 2.45) is 0 Å². The van der Waals surface area contributed by atoms with Gasteiger partial charge in [0.2, 0.25) is 0 Å². The maximum atomic E-state index is 12.4. The Morgan fingerprint density at radius 1 is 1.03 bits per heavy atom. The van der Waals surface area contributed by atoms with E-state index in [1.54, 1.807) is 12.0 Å². The SMILES string of the molecule is CCN1C(=O)/C(=C\c2ccc(OCCCOc3cc(C)cc(C)c3)c(OC)c2)SC1=S. The number of benzene rings is 2. The van der Waals surface area contributed by atoms with Crippen molar-refractivity contribution in [3.8, 4) is 17.2 Å². The van der Waals surface area contributed by atoms with Crippen LogP contribution in [0.5, 0.6) is 17.2 Å². The molecule has 2 aromatic rings. The number of carbonyl (C=O) groups is 1. The van der Waals surface area contributed by atoms with E-state index in [0.717, 1.165) is 17.7 Å². The third-order valence-electron chi connectivity index (χ3n) is 4.69. The summed E-state index contributed by atoms with van der Waals surface area (Å²) in [6, 6.07) is 11.8. The van der Waals surface area contributed by atoms with Crippen molar-refractivity contribution in [1.82, 2.24) is 4.90 Å². The molecule has 164 valence electrons. The first-order valence-corrected chi connectivity index (χ1v) is 11.4. The molecule has 0 spiro atoms. The van der Waals surface area contributed by atoms with Crippen molar-refractivity contribution in [2.45, 2.75) is 27.2 Å². The van der Waals surface area contributed by atoms with Gasteiger partial charge in [0.05, 0.1) is 25.2 Å². The van der Waals surface area contributed by atoms with Gasteiger partial charge in [-0.3, -0.25) is 9.69 Å². The molecule has 0 atom stereocenters. The predicted molar refractivity (Wildman–Crippen MR) is 130 cm³/mol. The molecule has 31 heavy (non-hydrogen) atoms. The summed E-state index contributed by atoms with van der Waals surface area (Å²) in [5.41, 5.74) is 3.24. The minimum atomic E-state index is -0.0550. The molecule has 0 aromatic heterocycles. The van der Waals surface area contributed by atoms with Gasteiger partial charge in [0.1, 0.15) is 10.1 Å². The number of hydrogen-bond donors (Lipinski definition) is 0. The molecule has 0 saturated carbocycles. The molecule has 1 heterocycles. The Morgan fingerprint density at radius 3 is 2.39 bits per heavy atom. The number of likely N-dealkylation sites (N-methyl/N-ethyl adjacent to an activating group) is 1. The lowest BCUT2D eigenvalue weighted by atomic mass is 10.1. The quantitative estimate of drug-likeness (QED) is 0.286. The molecule has 5 nitrogen and oxygen atoms in total. The molecule has 0 aliphatic carbocycles. The lowest BCUT2D eigenvalue weighted by Gasteiger charge is -2.12. The van der Waals surface area contributed by atoms with E-state index >= 15 is 0 Å². The van der Waals surface area contributed by atoms with Crippen molar-refractivity contribution in [3.63, 3.8) is 0 Å². The van der Waals surface area contributed by atoms with E-state index in [9.17, 15) is 4.79 Å². The summed E-state index contributed by atoms with van der Waals surface area (Å²) in [5, 5.41) is 0. The highest BCUT2D eigenvalue weighted by molar-refractivity contribution is 8.26. The number of aryl methyl sites for hydroxylation is 2. The van der Waals surface area contributed by atoms with Gasteiger partial charge < -0.3 is 14.2 Å². The van der Waals surface area contributed by atoms with Gasteiger partial charge in [-0.15, -0.1) is 0 Å². The molecule has 1 saturated heterocycles. The molecule has 7 heteroatoms. The number of thioether (sulfide) groups is 1. The third-order valence-corrected chi connectivity index (χ3v) is 6.06. The monoisotopic (exact) mass is 457 g/mol. The van der Waals surface area contributed by atoms with Crippen molar-refractivity contribution in [1.29, 1.82) is 0 Å². The summed E-state index contributed by atoms with van der Waals surface area (Å²) in [6.45, 7) is 7.69. The molecule has 3 rings (SSSR count). The van der Waals surface area contributed by atoms with Gasteiger partial charge in [-0.2, -0.15) is 0 Å². The van der Waals surface area contributed by atoms with E-state index in [1.807, 2.05) is 43.3 Å². The first-order chi connectivity index (χ1) is 14.9. The van der Waals surface area contributed by atoms with Gasteiger partial charge in [-0.25, -0.2) is 0 Å². The summed E-state index contributed by atoms with van der Waals surface area (Å²) in [7, 11) is 1.60. The van der Waals surface area contributed by atoms with Gasteiger partial charge in [-0.1, -0.05) is 36.1 Å². The average Bonchev–Trinajstić information content (AvgIpc) is 3.00. The van der Waals surface area contributed by atoms with Crippen LogP contribution in [0, 0.1) is 13.8 Å². The molecule has 1 aliphatic heterocycles. The van der Waals surface area contributed by atoms with Crippen LogP contribution in [-0.2, 0) is 4.79 Å². The molecule has 2 aromatic carbocycles. The van der Waals surface area contributed by atoms with Crippen molar-refractivity contribution in [2.75, 3.05) is 26.9 Å². The number of hydrogen-bond acceptors (Lipinski definition) is 6. The Balaban J connectivity index is 1.56. The molecule has 1 amide bonds. The normalized spacial score (nSPS) is 15.0. The van der Waals surface area contributed by atoms with Crippen molar-refractivity contribution < 1.29 is 19.0 Å². The molecular weight excluding hydrogens is 430 g/mol. The molecular formula is C24H27NO4S2. The predicted octanol–water partition coefficient (Wildman–Crippen LogP) is 5.38. The Labute approximate surface area is 193 Å². The average molecular weight is 458 g/mol. The highest BCUT2D eigenvalue weighted by atomic mass is 32.2. The number of ether oxygens (including phenoxy) is 3. The highest BCUT2D eigenvalue weighted by Crippen LogP contribution is 2.34. The minimum absolute atomic E-state index is 0.0550. The van der Waals surface area contributed by atoms with Crippen LogP contribution in [-0.4, -0.2) is 42.0 Å². The van der Waals surface area contributed by atoms with Crippen molar-refractivity contribution in [3.05, 3.63) is 58.0 Å². The number of rotatable bonds is 9. The van der Waals surface area contributed by atoms with Gasteiger partial charge in [0.25, 0.3) is 5.91 Å². The zero-order valence-electron chi connectivity index (χ0n) is 18.3. The molecule has 0 N–H and O–H groups in total. The maximum absolute atomic E-state index is 12.4. The zero-order valence-corrected chi connectivity index (χ0v) is 19.9. The lowest BCUT2D eigenvalue weighted by molar-refractivity contribution is -0.121. The number of amides is 1. The second-order valence-corrected chi connectivity index (χ2v) is 8.89. The van der Waals surface area contributed by atoms with Gasteiger partial charge in [0.15, 0.2) is 11.5 Å². The topological polar surface area (TPSA) is 48.0 Å². The van der Waals surface area contributed by atoms with Gasteiger partial charge in [-0.05, 0) is 67.8 Å². The minimum Gasteiger partial charge on any atom is -0.493 e. The van der Waals surface area contributed by atoms with Crippen LogP contribution < -0.4 is 14.2 Å². The summed E-state index contributed by atoms with van der Waals surface area (Å²) in [5.74, 6) is 2.11. The Hall–Kier alpha value is -2.51. The van der Waals surface area contributed by atoms with Crippen LogP contribution in [0.3, 0.4) is 0 Å². The largest absolute Gasteiger partial charge is 0.493 e. The highest BCUT2D eigenvalue weighted by Gasteiger charge is 2.30.